The molecule has 0 unspecified atom stereocenters. The van der Waals surface area contributed by atoms with E-state index in [2.05, 4.69) is 0 Å². The lowest BCUT2D eigenvalue weighted by atomic mass is 9.79. The fraction of sp³-hybridized carbons (Fsp3) is 0.550. The van der Waals surface area contributed by atoms with Crippen LogP contribution in [0.25, 0.3) is 0 Å². The Bertz CT molecular complexity index is 739. The number of rotatable bonds is 2. The topological polar surface area (TPSA) is 69.7 Å². The van der Waals surface area contributed by atoms with E-state index in [-0.39, 0.29) is 35.5 Å². The van der Waals surface area contributed by atoms with Gasteiger partial charge in [0.2, 0.25) is 0 Å². The van der Waals surface area contributed by atoms with Crippen molar-refractivity contribution in [3.63, 3.8) is 0 Å². The minimum Gasteiger partial charge on any atom is -0.461 e. The summed E-state index contributed by atoms with van der Waals surface area (Å²) in [4.78, 5) is 37.0. The van der Waals surface area contributed by atoms with Crippen LogP contribution in [0.15, 0.2) is 34.4 Å². The van der Waals surface area contributed by atoms with Crippen LogP contribution >= 0.6 is 0 Å². The first-order chi connectivity index (χ1) is 11.8. The molecule has 0 radical (unpaired) electrons. The standard InChI is InChI=1S/C20H24O5/c1-6-9(2)19(22)24-14-8-11(4)15-13(21)7-10(3)16(15)18-17(14)12(5)20(23)25-18/h6-7,12,14,16-18H,8H2,1-5H3/b9-6-/t12-,14+,16-,17+,18+/m0/s1. The summed E-state index contributed by atoms with van der Waals surface area (Å²) >= 11 is 0. The van der Waals surface area contributed by atoms with Crippen molar-refractivity contribution in [2.75, 3.05) is 0 Å². The average molecular weight is 344 g/mol. The first kappa shape index (κ1) is 17.6. The molecule has 5 nitrogen and oxygen atoms in total. The van der Waals surface area contributed by atoms with E-state index in [9.17, 15) is 14.4 Å². The maximum atomic E-state index is 12.4. The third-order valence-corrected chi connectivity index (χ3v) is 5.74. The van der Waals surface area contributed by atoms with Crippen molar-refractivity contribution in [2.45, 2.75) is 53.2 Å². The monoisotopic (exact) mass is 344 g/mol. The SMILES string of the molecule is C/C=C(/C)C(=O)O[C@@H]1CC(C)=C2C(=O)C=C(C)[C@@H]2[C@H]2OC(=O)[C@@H](C)[C@@H]21. The van der Waals surface area contributed by atoms with Crippen LogP contribution in [0.1, 0.15) is 41.0 Å². The third-order valence-electron chi connectivity index (χ3n) is 5.74. The number of ether oxygens (including phenoxy) is 2. The van der Waals surface area contributed by atoms with Gasteiger partial charge in [0.15, 0.2) is 5.78 Å². The lowest BCUT2D eigenvalue weighted by Crippen LogP contribution is -2.38. The summed E-state index contributed by atoms with van der Waals surface area (Å²) in [7, 11) is 0. The lowest BCUT2D eigenvalue weighted by Gasteiger charge is -2.29. The zero-order valence-corrected chi connectivity index (χ0v) is 15.3. The number of fused-ring (bicyclic) bond motifs is 3. The molecular weight excluding hydrogens is 320 g/mol. The van der Waals surface area contributed by atoms with Crippen molar-refractivity contribution in [1.82, 2.24) is 0 Å². The van der Waals surface area contributed by atoms with Crippen molar-refractivity contribution < 1.29 is 23.9 Å². The molecule has 0 amide bonds. The van der Waals surface area contributed by atoms with E-state index in [1.165, 1.54) is 0 Å². The minimum absolute atomic E-state index is 0.0223. The van der Waals surface area contributed by atoms with Crippen molar-refractivity contribution in [3.05, 3.63) is 34.4 Å². The molecule has 0 aromatic carbocycles. The Kier molecular flexibility index (Phi) is 4.43. The number of hydrogen-bond donors (Lipinski definition) is 0. The van der Waals surface area contributed by atoms with E-state index in [0.717, 1.165) is 11.1 Å². The second kappa shape index (κ2) is 6.28. The van der Waals surface area contributed by atoms with Crippen LogP contribution in [0.2, 0.25) is 0 Å². The highest BCUT2D eigenvalue weighted by Crippen LogP contribution is 2.48. The number of hydrogen-bond acceptors (Lipinski definition) is 5. The number of carbonyl (C=O) groups is 3. The molecule has 0 saturated carbocycles. The summed E-state index contributed by atoms with van der Waals surface area (Å²) in [6.45, 7) is 9.09. The maximum absolute atomic E-state index is 12.4. The summed E-state index contributed by atoms with van der Waals surface area (Å²) in [6, 6.07) is 0. The summed E-state index contributed by atoms with van der Waals surface area (Å²) in [5.74, 6) is -1.55. The van der Waals surface area contributed by atoms with E-state index in [4.69, 9.17) is 9.47 Å². The van der Waals surface area contributed by atoms with E-state index in [0.29, 0.717) is 17.6 Å². The van der Waals surface area contributed by atoms with Crippen molar-refractivity contribution in [2.24, 2.45) is 17.8 Å². The smallest absolute Gasteiger partial charge is 0.333 e. The Balaban J connectivity index is 2.02. The van der Waals surface area contributed by atoms with Gasteiger partial charge in [-0.05, 0) is 33.8 Å². The zero-order valence-electron chi connectivity index (χ0n) is 15.3. The molecule has 0 spiro atoms. The first-order valence-electron chi connectivity index (χ1n) is 8.72. The Morgan fingerprint density at radius 2 is 2.00 bits per heavy atom. The second-order valence-corrected chi connectivity index (χ2v) is 7.31. The van der Waals surface area contributed by atoms with Crippen molar-refractivity contribution in [3.8, 4) is 0 Å². The van der Waals surface area contributed by atoms with Gasteiger partial charge in [-0.2, -0.15) is 0 Å². The van der Waals surface area contributed by atoms with Crippen LogP contribution in [0.3, 0.4) is 0 Å². The second-order valence-electron chi connectivity index (χ2n) is 7.31. The van der Waals surface area contributed by atoms with Gasteiger partial charge in [0, 0.05) is 29.4 Å². The highest BCUT2D eigenvalue weighted by molar-refractivity contribution is 6.09. The number of ketones is 1. The summed E-state index contributed by atoms with van der Waals surface area (Å²) in [5.41, 5.74) is 3.05. The van der Waals surface area contributed by atoms with E-state index < -0.39 is 12.2 Å². The molecule has 1 saturated heterocycles. The quantitative estimate of drug-likeness (QED) is 0.569. The molecule has 2 aliphatic carbocycles. The van der Waals surface area contributed by atoms with E-state index >= 15 is 0 Å². The summed E-state index contributed by atoms with van der Waals surface area (Å²) in [6.07, 6.45) is 2.85. The molecule has 25 heavy (non-hydrogen) atoms. The third kappa shape index (κ3) is 2.75. The van der Waals surface area contributed by atoms with Gasteiger partial charge < -0.3 is 9.47 Å². The predicted molar refractivity (Wildman–Crippen MR) is 91.4 cm³/mol. The van der Waals surface area contributed by atoms with Gasteiger partial charge in [0.25, 0.3) is 0 Å². The van der Waals surface area contributed by atoms with E-state index in [1.807, 2.05) is 20.8 Å². The highest BCUT2D eigenvalue weighted by Gasteiger charge is 2.55. The van der Waals surface area contributed by atoms with Gasteiger partial charge in [0.05, 0.1) is 5.92 Å². The van der Waals surface area contributed by atoms with Crippen LogP contribution in [0.5, 0.6) is 0 Å². The van der Waals surface area contributed by atoms with Gasteiger partial charge in [0.1, 0.15) is 12.2 Å². The molecule has 0 aromatic heterocycles. The Morgan fingerprint density at radius 3 is 2.64 bits per heavy atom. The average Bonchev–Trinajstić information content (AvgIpc) is 2.96. The summed E-state index contributed by atoms with van der Waals surface area (Å²) in [5, 5.41) is 0. The fourth-order valence-corrected chi connectivity index (χ4v) is 4.26. The predicted octanol–water partition coefficient (Wildman–Crippen LogP) is 2.91. The van der Waals surface area contributed by atoms with E-state index in [1.54, 1.807) is 26.0 Å². The van der Waals surface area contributed by atoms with Crippen molar-refractivity contribution >= 4 is 17.7 Å². The molecule has 0 aromatic rings. The molecule has 0 N–H and O–H groups in total. The highest BCUT2D eigenvalue weighted by atomic mass is 16.6. The van der Waals surface area contributed by atoms with Gasteiger partial charge in [-0.1, -0.05) is 24.1 Å². The zero-order chi connectivity index (χ0) is 18.5. The minimum atomic E-state index is -0.479. The van der Waals surface area contributed by atoms with Crippen LogP contribution in [0, 0.1) is 17.8 Å². The molecule has 1 heterocycles. The molecule has 3 aliphatic rings. The first-order valence-corrected chi connectivity index (χ1v) is 8.72. The fourth-order valence-electron chi connectivity index (χ4n) is 4.26. The molecular formula is C20H24O5. The van der Waals surface area contributed by atoms with Gasteiger partial charge in [-0.25, -0.2) is 4.79 Å². The van der Waals surface area contributed by atoms with Gasteiger partial charge in [-0.3, -0.25) is 9.59 Å². The molecule has 1 fully saturated rings. The normalized spacial score (nSPS) is 35.0. The van der Waals surface area contributed by atoms with Crippen LogP contribution in [0.4, 0.5) is 0 Å². The molecule has 5 heteroatoms. The summed E-state index contributed by atoms with van der Waals surface area (Å²) < 4.78 is 11.4. The Morgan fingerprint density at radius 1 is 1.32 bits per heavy atom. The number of esters is 2. The number of allylic oxidation sites excluding steroid dienone is 2. The number of carbonyl (C=O) groups excluding carboxylic acids is 3. The molecule has 0 bridgehead atoms. The van der Waals surface area contributed by atoms with Gasteiger partial charge in [-0.15, -0.1) is 0 Å². The molecule has 1 aliphatic heterocycles. The lowest BCUT2D eigenvalue weighted by molar-refractivity contribution is -0.148. The van der Waals surface area contributed by atoms with Gasteiger partial charge >= 0.3 is 11.9 Å². The van der Waals surface area contributed by atoms with Crippen LogP contribution in [-0.2, 0) is 23.9 Å². The van der Waals surface area contributed by atoms with Crippen LogP contribution < -0.4 is 0 Å². The molecule has 5 atom stereocenters. The molecule has 3 rings (SSSR count). The van der Waals surface area contributed by atoms with Crippen molar-refractivity contribution in [1.29, 1.82) is 0 Å². The molecule has 134 valence electrons. The Labute approximate surface area is 147 Å². The maximum Gasteiger partial charge on any atom is 0.333 e. The van der Waals surface area contributed by atoms with Crippen LogP contribution in [-0.4, -0.2) is 29.9 Å². The Hall–Kier alpha value is -2.17. The largest absolute Gasteiger partial charge is 0.461 e.